The molecule has 0 bridgehead atoms. The van der Waals surface area contributed by atoms with Crippen molar-refractivity contribution < 1.29 is 0 Å². The van der Waals surface area contributed by atoms with Gasteiger partial charge in [-0.25, -0.2) is 0 Å². The molecule has 0 aliphatic carbocycles. The molecule has 0 spiro atoms. The van der Waals surface area contributed by atoms with E-state index >= 15 is 0 Å². The highest BCUT2D eigenvalue weighted by Crippen LogP contribution is 2.29. The molecule has 0 radical (unpaired) electrons. The van der Waals surface area contributed by atoms with Crippen molar-refractivity contribution in [3.63, 3.8) is 0 Å². The largest absolute Gasteiger partial charge is 0.0616 e. The lowest BCUT2D eigenvalue weighted by Crippen LogP contribution is -1.80. The smallest absolute Gasteiger partial charge is 0.0248 e. The summed E-state index contributed by atoms with van der Waals surface area (Å²) >= 11 is 7.42. The fourth-order valence-corrected chi connectivity index (χ4v) is 3.77. The Kier molecular flexibility index (Phi) is 5.05. The zero-order valence-corrected chi connectivity index (χ0v) is 17.2. The average Bonchev–Trinajstić information content (AvgIpc) is 2.71. The summed E-state index contributed by atoms with van der Waals surface area (Å²) in [5.74, 6) is 0. The van der Waals surface area contributed by atoms with Crippen molar-refractivity contribution in [2.45, 2.75) is 0 Å². The summed E-state index contributed by atoms with van der Waals surface area (Å²) in [6.07, 6.45) is 4.17. The molecule has 0 aromatic heterocycles. The van der Waals surface area contributed by atoms with E-state index in [1.807, 2.05) is 0 Å². The highest BCUT2D eigenvalue weighted by atomic mass is 79.9. The van der Waals surface area contributed by atoms with Crippen LogP contribution in [-0.4, -0.2) is 0 Å². The lowest BCUT2D eigenvalue weighted by molar-refractivity contribution is 1.69. The van der Waals surface area contributed by atoms with Gasteiger partial charge in [-0.05, 0) is 57.0 Å². The molecule has 0 heterocycles. The van der Waals surface area contributed by atoms with Crippen molar-refractivity contribution in [1.29, 1.82) is 0 Å². The van der Waals surface area contributed by atoms with Gasteiger partial charge in [-0.15, -0.1) is 0 Å². The van der Waals surface area contributed by atoms with Crippen LogP contribution in [0.4, 0.5) is 0 Å². The molecule has 26 heavy (non-hydrogen) atoms. The first kappa shape index (κ1) is 17.3. The predicted octanol–water partition coefficient (Wildman–Crippen LogP) is 8.16. The third kappa shape index (κ3) is 3.67. The molecule has 0 unspecified atom stereocenters. The van der Waals surface area contributed by atoms with Gasteiger partial charge in [0.15, 0.2) is 0 Å². The van der Waals surface area contributed by atoms with E-state index in [1.165, 1.54) is 32.7 Å². The quantitative estimate of drug-likeness (QED) is 0.269. The van der Waals surface area contributed by atoms with Gasteiger partial charge in [-0.3, -0.25) is 0 Å². The third-order valence-corrected chi connectivity index (χ3v) is 5.87. The van der Waals surface area contributed by atoms with Gasteiger partial charge in [-0.1, -0.05) is 105 Å². The standard InChI is InChI=1S/C24H16Br2/c25-23(21-11-9-17-5-1-3-7-19(17)15-21)13-14-24(26)22-12-10-18-6-2-4-8-20(18)16-22/h1-16H/b23-13-,24-14-. The summed E-state index contributed by atoms with van der Waals surface area (Å²) in [6.45, 7) is 0. The molecule has 0 saturated heterocycles. The molecule has 4 rings (SSSR count). The van der Waals surface area contributed by atoms with Crippen LogP contribution < -0.4 is 0 Å². The predicted molar refractivity (Wildman–Crippen MR) is 122 cm³/mol. The van der Waals surface area contributed by atoms with E-state index < -0.39 is 0 Å². The summed E-state index contributed by atoms with van der Waals surface area (Å²) in [5.41, 5.74) is 2.33. The number of halogens is 2. The maximum atomic E-state index is 3.71. The number of hydrogen-bond acceptors (Lipinski definition) is 0. The van der Waals surface area contributed by atoms with Gasteiger partial charge in [0.25, 0.3) is 0 Å². The van der Waals surface area contributed by atoms with Crippen LogP contribution in [0, 0.1) is 0 Å². The highest BCUT2D eigenvalue weighted by Gasteiger charge is 2.01. The highest BCUT2D eigenvalue weighted by molar-refractivity contribution is 9.15. The summed E-state index contributed by atoms with van der Waals surface area (Å²) in [4.78, 5) is 0. The summed E-state index contributed by atoms with van der Waals surface area (Å²) in [6, 6.07) is 29.8. The minimum atomic E-state index is 1.06. The molecule has 0 aliphatic heterocycles. The van der Waals surface area contributed by atoms with Crippen molar-refractivity contribution in [2.75, 3.05) is 0 Å². The van der Waals surface area contributed by atoms with Crippen LogP contribution >= 0.6 is 31.9 Å². The minimum absolute atomic E-state index is 1.06. The van der Waals surface area contributed by atoms with Crippen LogP contribution in [0.1, 0.15) is 11.1 Å². The Balaban J connectivity index is 1.64. The molecular formula is C24H16Br2. The van der Waals surface area contributed by atoms with Gasteiger partial charge in [0.1, 0.15) is 0 Å². The first-order valence-electron chi connectivity index (χ1n) is 8.42. The lowest BCUT2D eigenvalue weighted by atomic mass is 10.1. The second kappa shape index (κ2) is 7.61. The third-order valence-electron chi connectivity index (χ3n) is 4.43. The molecule has 126 valence electrons. The molecule has 0 fully saturated rings. The van der Waals surface area contributed by atoms with Crippen LogP contribution in [0.15, 0.2) is 97.1 Å². The molecule has 0 nitrogen and oxygen atoms in total. The van der Waals surface area contributed by atoms with Crippen LogP contribution in [0.5, 0.6) is 0 Å². The van der Waals surface area contributed by atoms with Crippen molar-refractivity contribution in [1.82, 2.24) is 0 Å². The first-order valence-corrected chi connectivity index (χ1v) is 10.0. The second-order valence-electron chi connectivity index (χ2n) is 6.15. The van der Waals surface area contributed by atoms with Crippen molar-refractivity contribution in [3.8, 4) is 0 Å². The van der Waals surface area contributed by atoms with Crippen LogP contribution in [0.25, 0.3) is 30.5 Å². The van der Waals surface area contributed by atoms with Crippen molar-refractivity contribution >= 4 is 62.4 Å². The SMILES string of the molecule is Br/C(=C\C=C(/Br)c1ccc2ccccc2c1)c1ccc2ccccc2c1. The summed E-state index contributed by atoms with van der Waals surface area (Å²) in [5, 5.41) is 5.00. The van der Waals surface area contributed by atoms with E-state index in [2.05, 4.69) is 129 Å². The zero-order valence-electron chi connectivity index (χ0n) is 14.0. The van der Waals surface area contributed by atoms with Gasteiger partial charge in [0.05, 0.1) is 0 Å². The number of hydrogen-bond donors (Lipinski definition) is 0. The summed E-state index contributed by atoms with van der Waals surface area (Å²) < 4.78 is 2.11. The molecule has 2 heteroatoms. The van der Waals surface area contributed by atoms with Crippen molar-refractivity contribution in [3.05, 3.63) is 108 Å². The first-order chi connectivity index (χ1) is 12.7. The van der Waals surface area contributed by atoms with E-state index in [0.717, 1.165) is 8.96 Å². The Morgan fingerprint density at radius 2 is 0.885 bits per heavy atom. The van der Waals surface area contributed by atoms with Gasteiger partial charge >= 0.3 is 0 Å². The topological polar surface area (TPSA) is 0 Å². The molecular weight excluding hydrogens is 448 g/mol. The van der Waals surface area contributed by atoms with Gasteiger partial charge in [0.2, 0.25) is 0 Å². The van der Waals surface area contributed by atoms with Crippen LogP contribution in [0.2, 0.25) is 0 Å². The maximum Gasteiger partial charge on any atom is 0.0248 e. The minimum Gasteiger partial charge on any atom is -0.0616 e. The fraction of sp³-hybridized carbons (Fsp3) is 0. The van der Waals surface area contributed by atoms with Crippen molar-refractivity contribution in [2.24, 2.45) is 0 Å². The normalized spacial score (nSPS) is 12.7. The lowest BCUT2D eigenvalue weighted by Gasteiger charge is -2.04. The molecule has 0 amide bonds. The Morgan fingerprint density at radius 3 is 1.31 bits per heavy atom. The zero-order chi connectivity index (χ0) is 17.9. The number of rotatable bonds is 3. The molecule has 0 N–H and O–H groups in total. The Morgan fingerprint density at radius 1 is 0.500 bits per heavy atom. The fourth-order valence-electron chi connectivity index (χ4n) is 3.01. The van der Waals surface area contributed by atoms with E-state index in [4.69, 9.17) is 0 Å². The second-order valence-corrected chi connectivity index (χ2v) is 7.86. The van der Waals surface area contributed by atoms with E-state index in [9.17, 15) is 0 Å². The van der Waals surface area contributed by atoms with Crippen LogP contribution in [0.3, 0.4) is 0 Å². The van der Waals surface area contributed by atoms with Gasteiger partial charge in [0, 0.05) is 8.96 Å². The monoisotopic (exact) mass is 462 g/mol. The Bertz CT molecular complexity index is 1060. The maximum absolute atomic E-state index is 3.71. The number of fused-ring (bicyclic) bond motifs is 2. The molecule has 0 saturated carbocycles. The van der Waals surface area contributed by atoms with Crippen LogP contribution in [-0.2, 0) is 0 Å². The Hall–Kier alpha value is -2.16. The summed E-state index contributed by atoms with van der Waals surface area (Å²) in [7, 11) is 0. The molecule has 0 aliphatic rings. The number of benzene rings is 4. The molecule has 0 atom stereocenters. The van der Waals surface area contributed by atoms with E-state index in [0.29, 0.717) is 0 Å². The number of allylic oxidation sites excluding steroid dienone is 2. The molecule has 4 aromatic rings. The molecule has 4 aromatic carbocycles. The van der Waals surface area contributed by atoms with E-state index in [1.54, 1.807) is 0 Å². The van der Waals surface area contributed by atoms with Gasteiger partial charge < -0.3 is 0 Å². The van der Waals surface area contributed by atoms with E-state index in [-0.39, 0.29) is 0 Å². The Labute approximate surface area is 170 Å². The van der Waals surface area contributed by atoms with Gasteiger partial charge in [-0.2, -0.15) is 0 Å². The average molecular weight is 464 g/mol.